The molecule has 0 spiro atoms. The van der Waals surface area contributed by atoms with Crippen LogP contribution in [-0.4, -0.2) is 47.0 Å². The number of nitrogens with zero attached hydrogens (tertiary/aromatic N) is 3. The van der Waals surface area contributed by atoms with Gasteiger partial charge in [-0.3, -0.25) is 4.98 Å². The van der Waals surface area contributed by atoms with Crippen LogP contribution in [0.15, 0.2) is 60.4 Å². The van der Waals surface area contributed by atoms with E-state index in [1.165, 1.54) is 10.6 Å². The van der Waals surface area contributed by atoms with E-state index in [9.17, 15) is 5.11 Å². The molecule has 1 saturated heterocycles. The van der Waals surface area contributed by atoms with Crippen LogP contribution >= 0.6 is 0 Å². The molecule has 8 heteroatoms. The number of fused-ring (bicyclic) bond motifs is 3. The molecule has 1 aliphatic rings. The van der Waals surface area contributed by atoms with Gasteiger partial charge < -0.3 is 29.9 Å². The third kappa shape index (κ3) is 5.07. The Bertz CT molecular complexity index is 1510. The smallest absolute Gasteiger partial charge is 0.118 e. The molecular weight excluding hydrogens is 490 g/mol. The highest BCUT2D eigenvalue weighted by atomic mass is 16.5. The number of methoxy groups -OCH3 is 1. The first kappa shape index (κ1) is 27.0. The number of rotatable bonds is 7. The molecule has 0 amide bonds. The molecular formula is C31H39N5O3. The molecule has 1 unspecified atom stereocenters. The van der Waals surface area contributed by atoms with Gasteiger partial charge in [-0.25, -0.2) is 5.84 Å². The first-order chi connectivity index (χ1) is 18.6. The second kappa shape index (κ2) is 10.5. The minimum atomic E-state index is -0.989. The van der Waals surface area contributed by atoms with Gasteiger partial charge in [-0.1, -0.05) is 24.3 Å². The fourth-order valence-corrected chi connectivity index (χ4v) is 5.89. The van der Waals surface area contributed by atoms with E-state index in [2.05, 4.69) is 34.9 Å². The molecule has 1 aliphatic heterocycles. The van der Waals surface area contributed by atoms with Crippen molar-refractivity contribution < 1.29 is 14.6 Å². The molecule has 1 atom stereocenters. The van der Waals surface area contributed by atoms with Crippen LogP contribution in [0.3, 0.4) is 0 Å². The van der Waals surface area contributed by atoms with Crippen LogP contribution in [0.5, 0.6) is 5.75 Å². The lowest BCUT2D eigenvalue weighted by Crippen LogP contribution is -2.27. The molecule has 3 heterocycles. The van der Waals surface area contributed by atoms with Gasteiger partial charge in [0.2, 0.25) is 0 Å². The number of benzene rings is 2. The summed E-state index contributed by atoms with van der Waals surface area (Å²) in [7, 11) is 3.46. The predicted molar refractivity (Wildman–Crippen MR) is 156 cm³/mol. The van der Waals surface area contributed by atoms with Crippen LogP contribution in [-0.2, 0) is 10.3 Å². The van der Waals surface area contributed by atoms with Gasteiger partial charge in [0.25, 0.3) is 0 Å². The van der Waals surface area contributed by atoms with Crippen molar-refractivity contribution in [1.82, 2.24) is 14.6 Å². The Balaban J connectivity index is 1.86. The highest BCUT2D eigenvalue weighted by molar-refractivity contribution is 6.06. The fraction of sp³-hybridized carbons (Fsp3) is 0.387. The molecule has 206 valence electrons. The molecule has 0 bridgehead atoms. The van der Waals surface area contributed by atoms with Crippen molar-refractivity contribution in [2.45, 2.75) is 45.3 Å². The second-order valence-corrected chi connectivity index (χ2v) is 11.1. The normalized spacial score (nSPS) is 16.4. The van der Waals surface area contributed by atoms with E-state index in [1.54, 1.807) is 14.2 Å². The van der Waals surface area contributed by atoms with E-state index in [0.717, 1.165) is 70.6 Å². The standard InChI is InChI=1S/C31H39N5O3/c1-19(32)29(35(4)33)22-16-27-28(34-18-22)25-11-8-23(31(2,3)37)17-26(25)36(27)30(21-12-14-39-15-13-21)20-6-9-24(38-5)10-7-20/h6-11,16-18,21,30,37H,12-15,32-33H2,1-5H3/b29-19-. The zero-order chi connectivity index (χ0) is 27.9. The molecule has 0 radical (unpaired) electrons. The van der Waals surface area contributed by atoms with Crippen molar-refractivity contribution in [3.63, 3.8) is 0 Å². The Morgan fingerprint density at radius 1 is 1.13 bits per heavy atom. The van der Waals surface area contributed by atoms with Gasteiger partial charge in [0.05, 0.1) is 41.0 Å². The van der Waals surface area contributed by atoms with Crippen molar-refractivity contribution in [2.75, 3.05) is 27.4 Å². The summed E-state index contributed by atoms with van der Waals surface area (Å²) in [6.45, 7) is 6.93. The number of hydrogen-bond donors (Lipinski definition) is 3. The van der Waals surface area contributed by atoms with E-state index >= 15 is 0 Å². The van der Waals surface area contributed by atoms with Gasteiger partial charge in [-0.15, -0.1) is 0 Å². The predicted octanol–water partition coefficient (Wildman–Crippen LogP) is 4.89. The van der Waals surface area contributed by atoms with E-state index in [-0.39, 0.29) is 6.04 Å². The Labute approximate surface area is 229 Å². The molecule has 5 N–H and O–H groups in total. The largest absolute Gasteiger partial charge is 0.497 e. The van der Waals surface area contributed by atoms with E-state index in [0.29, 0.717) is 11.6 Å². The van der Waals surface area contributed by atoms with Crippen molar-refractivity contribution in [3.8, 4) is 5.75 Å². The third-order valence-corrected chi connectivity index (χ3v) is 7.79. The maximum absolute atomic E-state index is 10.9. The number of aliphatic hydroxyl groups is 1. The number of ether oxygens (including phenoxy) is 2. The van der Waals surface area contributed by atoms with Crippen LogP contribution in [0.4, 0.5) is 0 Å². The minimum Gasteiger partial charge on any atom is -0.497 e. The first-order valence-electron chi connectivity index (χ1n) is 13.4. The Morgan fingerprint density at radius 3 is 2.41 bits per heavy atom. The summed E-state index contributed by atoms with van der Waals surface area (Å²) in [6, 6.07) is 16.6. The van der Waals surface area contributed by atoms with Gasteiger partial charge >= 0.3 is 0 Å². The summed E-state index contributed by atoms with van der Waals surface area (Å²) >= 11 is 0. The maximum Gasteiger partial charge on any atom is 0.118 e. The van der Waals surface area contributed by atoms with Crippen molar-refractivity contribution in [3.05, 3.63) is 77.1 Å². The molecule has 8 nitrogen and oxygen atoms in total. The Morgan fingerprint density at radius 2 is 1.82 bits per heavy atom. The van der Waals surface area contributed by atoms with Crippen LogP contribution in [0, 0.1) is 5.92 Å². The van der Waals surface area contributed by atoms with E-state index in [1.807, 2.05) is 45.2 Å². The lowest BCUT2D eigenvalue weighted by molar-refractivity contribution is 0.0552. The van der Waals surface area contributed by atoms with Crippen LogP contribution in [0.1, 0.15) is 56.3 Å². The monoisotopic (exact) mass is 529 g/mol. The zero-order valence-electron chi connectivity index (χ0n) is 23.4. The lowest BCUT2D eigenvalue weighted by Gasteiger charge is -2.33. The number of hydrazine groups is 1. The summed E-state index contributed by atoms with van der Waals surface area (Å²) in [6.07, 6.45) is 3.71. The summed E-state index contributed by atoms with van der Waals surface area (Å²) < 4.78 is 13.6. The van der Waals surface area contributed by atoms with Crippen LogP contribution in [0.2, 0.25) is 0 Å². The number of allylic oxidation sites excluding steroid dienone is 1. The van der Waals surface area contributed by atoms with Gasteiger partial charge in [0, 0.05) is 43.1 Å². The summed E-state index contributed by atoms with van der Waals surface area (Å²) in [4.78, 5) is 4.96. The average Bonchev–Trinajstić information content (AvgIpc) is 3.22. The average molecular weight is 530 g/mol. The molecule has 0 saturated carbocycles. The van der Waals surface area contributed by atoms with Gasteiger partial charge in [-0.2, -0.15) is 0 Å². The van der Waals surface area contributed by atoms with Crippen molar-refractivity contribution in [1.29, 1.82) is 0 Å². The number of hydrogen-bond acceptors (Lipinski definition) is 7. The lowest BCUT2D eigenvalue weighted by atomic mass is 9.86. The van der Waals surface area contributed by atoms with Gasteiger partial charge in [0.15, 0.2) is 0 Å². The third-order valence-electron chi connectivity index (χ3n) is 7.79. The molecule has 1 fully saturated rings. The van der Waals surface area contributed by atoms with Crippen molar-refractivity contribution in [2.24, 2.45) is 17.5 Å². The number of pyridine rings is 1. The van der Waals surface area contributed by atoms with Gasteiger partial charge in [0.1, 0.15) is 5.75 Å². The topological polar surface area (TPSA) is 112 Å². The van der Waals surface area contributed by atoms with Crippen LogP contribution in [0.25, 0.3) is 27.6 Å². The highest BCUT2D eigenvalue weighted by Gasteiger charge is 2.31. The second-order valence-electron chi connectivity index (χ2n) is 11.1. The SMILES string of the molecule is COc1ccc(C(C2CCOCC2)n2c3cc(C(C)(C)O)ccc3c3ncc(/C(=C(\C)N)N(C)N)cc32)cc1. The molecule has 0 aliphatic carbocycles. The maximum atomic E-state index is 10.9. The highest BCUT2D eigenvalue weighted by Crippen LogP contribution is 2.42. The Hall–Kier alpha value is -3.59. The molecule has 39 heavy (non-hydrogen) atoms. The van der Waals surface area contributed by atoms with Crippen LogP contribution < -0.4 is 16.3 Å². The minimum absolute atomic E-state index is 0.0101. The summed E-state index contributed by atoms with van der Waals surface area (Å²) in [5, 5.41) is 13.5. The van der Waals surface area contributed by atoms with Gasteiger partial charge in [-0.05, 0) is 74.9 Å². The molecule has 2 aromatic heterocycles. The molecule has 5 rings (SSSR count). The van der Waals surface area contributed by atoms with E-state index in [4.69, 9.17) is 26.0 Å². The fourth-order valence-electron chi connectivity index (χ4n) is 5.89. The Kier molecular flexibility index (Phi) is 7.29. The van der Waals surface area contributed by atoms with E-state index < -0.39 is 5.60 Å². The molecule has 2 aromatic carbocycles. The zero-order valence-corrected chi connectivity index (χ0v) is 23.4. The summed E-state index contributed by atoms with van der Waals surface area (Å²) in [5.74, 6) is 7.35. The summed E-state index contributed by atoms with van der Waals surface area (Å²) in [5.41, 5.74) is 12.4. The van der Waals surface area contributed by atoms with Crippen molar-refractivity contribution >= 4 is 27.6 Å². The number of aromatic nitrogens is 2. The number of nitrogens with two attached hydrogens (primary N) is 2. The quantitative estimate of drug-likeness (QED) is 0.231. The molecule has 4 aromatic rings. The first-order valence-corrected chi connectivity index (χ1v) is 13.4.